The summed E-state index contributed by atoms with van der Waals surface area (Å²) in [5.41, 5.74) is 6.90. The van der Waals surface area contributed by atoms with Crippen LogP contribution in [0.1, 0.15) is 17.7 Å². The maximum absolute atomic E-state index is 12.5. The molecule has 0 aliphatic rings. The van der Waals surface area contributed by atoms with Crippen molar-refractivity contribution in [1.29, 1.82) is 0 Å². The van der Waals surface area contributed by atoms with E-state index >= 15 is 0 Å². The van der Waals surface area contributed by atoms with Crippen LogP contribution in [0.3, 0.4) is 0 Å². The van der Waals surface area contributed by atoms with Gasteiger partial charge in [-0.2, -0.15) is 5.10 Å². The first-order valence-electron chi connectivity index (χ1n) is 5.33. The van der Waals surface area contributed by atoms with E-state index in [4.69, 9.17) is 10.5 Å². The molecule has 0 fully saturated rings. The second-order valence-electron chi connectivity index (χ2n) is 3.95. The predicted octanol–water partition coefficient (Wildman–Crippen LogP) is 3.04. The number of ether oxygens (including phenoxy) is 1. The third kappa shape index (κ3) is 2.42. The Balaban J connectivity index is 2.25. The first kappa shape index (κ1) is 12.3. The van der Waals surface area contributed by atoms with Crippen molar-refractivity contribution in [3.8, 4) is 11.6 Å². The lowest BCUT2D eigenvalue weighted by Crippen LogP contribution is -1.96. The molecule has 0 saturated heterocycles. The summed E-state index contributed by atoms with van der Waals surface area (Å²) in [5, 5.41) is 3.66. The summed E-state index contributed by atoms with van der Waals surface area (Å²) in [4.78, 5) is 0. The Morgan fingerprint density at radius 1 is 1.33 bits per heavy atom. The van der Waals surface area contributed by atoms with Crippen molar-refractivity contribution in [2.24, 2.45) is 7.05 Å². The van der Waals surface area contributed by atoms with Crippen LogP contribution >= 0.6 is 0 Å². The van der Waals surface area contributed by atoms with Gasteiger partial charge < -0.3 is 10.5 Å². The molecule has 0 aliphatic heterocycles. The smallest absolute Gasteiger partial charge is 0.282 e. The minimum atomic E-state index is -2.61. The maximum atomic E-state index is 12.5. The zero-order valence-electron chi connectivity index (χ0n) is 10.0. The second-order valence-corrected chi connectivity index (χ2v) is 3.95. The number of nitrogens with zero attached hydrogens (tertiary/aromatic N) is 2. The molecule has 4 nitrogen and oxygen atoms in total. The minimum Gasteiger partial charge on any atom is -0.439 e. The largest absolute Gasteiger partial charge is 0.439 e. The lowest BCUT2D eigenvalue weighted by molar-refractivity contribution is 0.145. The molecule has 2 N–H and O–H groups in total. The van der Waals surface area contributed by atoms with Crippen molar-refractivity contribution in [3.05, 3.63) is 35.5 Å². The Morgan fingerprint density at radius 2 is 2.06 bits per heavy atom. The van der Waals surface area contributed by atoms with Gasteiger partial charge in [-0.15, -0.1) is 0 Å². The minimum absolute atomic E-state index is 0.259. The van der Waals surface area contributed by atoms with E-state index in [1.54, 1.807) is 25.2 Å². The average Bonchev–Trinajstić information content (AvgIpc) is 2.66. The summed E-state index contributed by atoms with van der Waals surface area (Å²) in [6.07, 6.45) is -2.61. The van der Waals surface area contributed by atoms with Crippen molar-refractivity contribution >= 4 is 5.69 Å². The van der Waals surface area contributed by atoms with Gasteiger partial charge in [-0.05, 0) is 30.7 Å². The van der Waals surface area contributed by atoms with Crippen molar-refractivity contribution in [1.82, 2.24) is 9.78 Å². The van der Waals surface area contributed by atoms with Crippen LogP contribution in [0.4, 0.5) is 14.5 Å². The molecular formula is C12H13F2N3O. The fraction of sp³-hybridized carbons (Fsp3) is 0.250. The third-order valence-corrected chi connectivity index (χ3v) is 2.54. The maximum Gasteiger partial charge on any atom is 0.282 e. The molecule has 0 spiro atoms. The van der Waals surface area contributed by atoms with E-state index in [1.807, 2.05) is 6.92 Å². The van der Waals surface area contributed by atoms with Crippen molar-refractivity contribution in [3.63, 3.8) is 0 Å². The molecule has 1 heterocycles. The first-order valence-corrected chi connectivity index (χ1v) is 5.33. The number of hydrogen-bond donors (Lipinski definition) is 1. The highest BCUT2D eigenvalue weighted by molar-refractivity contribution is 5.50. The van der Waals surface area contributed by atoms with Gasteiger partial charge >= 0.3 is 0 Å². The van der Waals surface area contributed by atoms with Crippen LogP contribution in [-0.2, 0) is 7.05 Å². The summed E-state index contributed by atoms with van der Waals surface area (Å²) >= 11 is 0. The molecule has 0 radical (unpaired) electrons. The number of aryl methyl sites for hydroxylation is 2. The molecular weight excluding hydrogens is 240 g/mol. The monoisotopic (exact) mass is 253 g/mol. The van der Waals surface area contributed by atoms with Crippen LogP contribution in [-0.4, -0.2) is 9.78 Å². The molecule has 0 atom stereocenters. The van der Waals surface area contributed by atoms with Gasteiger partial charge in [0.25, 0.3) is 6.43 Å². The average molecular weight is 253 g/mol. The molecule has 6 heteroatoms. The highest BCUT2D eigenvalue weighted by Crippen LogP contribution is 2.27. The Bertz CT molecular complexity index is 566. The van der Waals surface area contributed by atoms with E-state index in [9.17, 15) is 8.78 Å². The number of rotatable bonds is 3. The van der Waals surface area contributed by atoms with E-state index < -0.39 is 6.43 Å². The molecule has 0 aliphatic carbocycles. The predicted molar refractivity (Wildman–Crippen MR) is 63.8 cm³/mol. The lowest BCUT2D eigenvalue weighted by Gasteiger charge is -2.07. The number of halogens is 2. The quantitative estimate of drug-likeness (QED) is 0.855. The molecule has 0 amide bonds. The van der Waals surface area contributed by atoms with Crippen molar-refractivity contribution in [2.45, 2.75) is 13.3 Å². The van der Waals surface area contributed by atoms with E-state index in [1.165, 1.54) is 10.7 Å². The van der Waals surface area contributed by atoms with Crippen LogP contribution in [0.5, 0.6) is 11.6 Å². The van der Waals surface area contributed by atoms with Gasteiger partial charge in [0.05, 0.1) is 0 Å². The van der Waals surface area contributed by atoms with E-state index in [2.05, 4.69) is 5.10 Å². The lowest BCUT2D eigenvalue weighted by atomic mass is 10.2. The zero-order chi connectivity index (χ0) is 13.3. The Hall–Kier alpha value is -2.11. The van der Waals surface area contributed by atoms with Crippen LogP contribution in [0, 0.1) is 6.92 Å². The Kier molecular flexibility index (Phi) is 3.18. The molecule has 96 valence electrons. The van der Waals surface area contributed by atoms with Crippen LogP contribution in [0.2, 0.25) is 0 Å². The zero-order valence-corrected chi connectivity index (χ0v) is 10.0. The van der Waals surface area contributed by atoms with Crippen molar-refractivity contribution in [2.75, 3.05) is 5.73 Å². The molecule has 18 heavy (non-hydrogen) atoms. The summed E-state index contributed by atoms with van der Waals surface area (Å²) in [5.74, 6) is 0.792. The SMILES string of the molecule is Cc1cc(Oc2cc(C(F)F)nn2C)ccc1N. The fourth-order valence-electron chi connectivity index (χ4n) is 1.51. The highest BCUT2D eigenvalue weighted by Gasteiger charge is 2.15. The van der Waals surface area contributed by atoms with E-state index in [0.717, 1.165) is 5.56 Å². The van der Waals surface area contributed by atoms with E-state index in [0.29, 0.717) is 11.4 Å². The van der Waals surface area contributed by atoms with Crippen LogP contribution in [0.25, 0.3) is 0 Å². The van der Waals surface area contributed by atoms with Crippen LogP contribution in [0.15, 0.2) is 24.3 Å². The molecule has 0 unspecified atom stereocenters. The summed E-state index contributed by atoms with van der Waals surface area (Å²) in [7, 11) is 1.55. The topological polar surface area (TPSA) is 53.1 Å². The molecule has 2 rings (SSSR count). The standard InChI is InChI=1S/C12H13F2N3O/c1-7-5-8(3-4-9(7)15)18-11-6-10(12(13)14)16-17(11)2/h3-6,12H,15H2,1-2H3. The highest BCUT2D eigenvalue weighted by atomic mass is 19.3. The molecule has 2 aromatic rings. The molecule has 0 saturated carbocycles. The molecule has 1 aromatic carbocycles. The normalized spacial score (nSPS) is 10.9. The number of nitrogen functional groups attached to an aromatic ring is 1. The number of hydrogen-bond acceptors (Lipinski definition) is 3. The number of anilines is 1. The van der Waals surface area contributed by atoms with Gasteiger partial charge in [0.15, 0.2) is 0 Å². The number of alkyl halides is 2. The first-order chi connectivity index (χ1) is 8.47. The van der Waals surface area contributed by atoms with Crippen molar-refractivity contribution < 1.29 is 13.5 Å². The molecule has 0 bridgehead atoms. The molecule has 1 aromatic heterocycles. The van der Waals surface area contributed by atoms with Gasteiger partial charge in [0.2, 0.25) is 5.88 Å². The second kappa shape index (κ2) is 4.64. The number of benzene rings is 1. The third-order valence-electron chi connectivity index (χ3n) is 2.54. The van der Waals surface area contributed by atoms with Gasteiger partial charge in [0.1, 0.15) is 11.4 Å². The number of aromatic nitrogens is 2. The summed E-state index contributed by atoms with van der Waals surface area (Å²) < 4.78 is 31.7. The number of nitrogens with two attached hydrogens (primary N) is 1. The summed E-state index contributed by atoms with van der Waals surface area (Å²) in [6.45, 7) is 1.84. The summed E-state index contributed by atoms with van der Waals surface area (Å²) in [6, 6.07) is 6.34. The Morgan fingerprint density at radius 3 is 2.61 bits per heavy atom. The van der Waals surface area contributed by atoms with Crippen LogP contribution < -0.4 is 10.5 Å². The Labute approximate surface area is 103 Å². The van der Waals surface area contributed by atoms with Gasteiger partial charge in [-0.25, -0.2) is 13.5 Å². The van der Waals surface area contributed by atoms with Gasteiger partial charge in [-0.1, -0.05) is 0 Å². The fourth-order valence-corrected chi connectivity index (χ4v) is 1.51. The van der Waals surface area contributed by atoms with E-state index in [-0.39, 0.29) is 11.6 Å². The van der Waals surface area contributed by atoms with Gasteiger partial charge in [-0.3, -0.25) is 0 Å². The van der Waals surface area contributed by atoms with Gasteiger partial charge in [0, 0.05) is 18.8 Å².